The van der Waals surface area contributed by atoms with Crippen LogP contribution >= 0.6 is 0 Å². The van der Waals surface area contributed by atoms with Crippen molar-refractivity contribution >= 4 is 29.2 Å². The lowest BCUT2D eigenvalue weighted by molar-refractivity contribution is -0.122. The summed E-state index contributed by atoms with van der Waals surface area (Å²) in [6.07, 6.45) is 0. The molecule has 1 aliphatic rings. The Morgan fingerprint density at radius 3 is 2.31 bits per heavy atom. The van der Waals surface area contributed by atoms with E-state index in [0.717, 1.165) is 5.56 Å². The van der Waals surface area contributed by atoms with Crippen LogP contribution in [0.5, 0.6) is 0 Å². The molecule has 0 aromatic heterocycles. The summed E-state index contributed by atoms with van der Waals surface area (Å²) in [6.45, 7) is 8.60. The Morgan fingerprint density at radius 2 is 1.69 bits per heavy atom. The van der Waals surface area contributed by atoms with E-state index in [1.54, 1.807) is 24.3 Å². The molecule has 0 saturated carbocycles. The number of carboxylic acid groups (broad SMARTS) is 1. The molecule has 0 radical (unpaired) electrons. The molecule has 0 atom stereocenters. The number of aryl methyl sites for hydroxylation is 1. The van der Waals surface area contributed by atoms with Gasteiger partial charge >= 0.3 is 5.97 Å². The summed E-state index contributed by atoms with van der Waals surface area (Å²) < 4.78 is 0. The predicted molar refractivity (Wildman–Crippen MR) is 124 cm³/mol. The van der Waals surface area contributed by atoms with Gasteiger partial charge in [0, 0.05) is 43.5 Å². The van der Waals surface area contributed by atoms with Crippen LogP contribution in [-0.4, -0.2) is 66.6 Å². The van der Waals surface area contributed by atoms with Crippen LogP contribution in [0.1, 0.15) is 40.1 Å². The monoisotopic (exact) mass is 438 g/mol. The largest absolute Gasteiger partial charge is 0.478 e. The molecule has 3 rings (SSSR count). The number of carbonyl (C=O) groups is 3. The van der Waals surface area contributed by atoms with Gasteiger partial charge in [-0.15, -0.1) is 0 Å². The minimum absolute atomic E-state index is 0.00609. The second kappa shape index (κ2) is 10.3. The van der Waals surface area contributed by atoms with Crippen LogP contribution in [0.2, 0.25) is 0 Å². The molecule has 0 bridgehead atoms. The van der Waals surface area contributed by atoms with Gasteiger partial charge in [0.15, 0.2) is 0 Å². The second-order valence-electron chi connectivity index (χ2n) is 8.29. The number of hydrogen-bond acceptors (Lipinski definition) is 5. The van der Waals surface area contributed by atoms with E-state index in [0.29, 0.717) is 49.7 Å². The van der Waals surface area contributed by atoms with Gasteiger partial charge in [0.05, 0.1) is 17.8 Å². The number of carboxylic acids is 1. The first-order valence-corrected chi connectivity index (χ1v) is 10.8. The first kappa shape index (κ1) is 23.3. The fraction of sp³-hybridized carbons (Fsp3) is 0.375. The van der Waals surface area contributed by atoms with Gasteiger partial charge in [-0.2, -0.15) is 0 Å². The van der Waals surface area contributed by atoms with E-state index in [4.69, 9.17) is 0 Å². The quantitative estimate of drug-likeness (QED) is 0.614. The van der Waals surface area contributed by atoms with Gasteiger partial charge in [-0.05, 0) is 50.6 Å². The number of carbonyl (C=O) groups excluding carboxylic acids is 2. The van der Waals surface area contributed by atoms with Gasteiger partial charge in [0.1, 0.15) is 0 Å². The van der Waals surface area contributed by atoms with E-state index in [2.05, 4.69) is 15.5 Å². The number of amides is 2. The number of piperazine rings is 1. The third kappa shape index (κ3) is 5.85. The zero-order valence-corrected chi connectivity index (χ0v) is 18.7. The summed E-state index contributed by atoms with van der Waals surface area (Å²) in [5, 5.41) is 15.5. The number of hydrogen-bond donors (Lipinski definition) is 3. The standard InChI is InChI=1S/C24H30N4O4/c1-16(2)25-22(29)15-27-10-12-28(13-11-27)21-9-8-18(14-20(21)24(31)32)26-23(30)19-7-5-4-6-17(19)3/h4-9,14,16H,10-13,15H2,1-3H3,(H,25,29)(H,26,30)(H,31,32). The van der Waals surface area contributed by atoms with E-state index < -0.39 is 5.97 Å². The van der Waals surface area contributed by atoms with Crippen LogP contribution in [0.25, 0.3) is 0 Å². The van der Waals surface area contributed by atoms with E-state index >= 15 is 0 Å². The van der Waals surface area contributed by atoms with Crippen LogP contribution in [-0.2, 0) is 4.79 Å². The van der Waals surface area contributed by atoms with Crippen molar-refractivity contribution in [2.75, 3.05) is 42.9 Å². The molecule has 1 fully saturated rings. The summed E-state index contributed by atoms with van der Waals surface area (Å²) in [5.74, 6) is -1.33. The van der Waals surface area contributed by atoms with Gasteiger partial charge in [-0.25, -0.2) is 4.79 Å². The minimum Gasteiger partial charge on any atom is -0.478 e. The second-order valence-corrected chi connectivity index (χ2v) is 8.29. The Balaban J connectivity index is 1.68. The van der Waals surface area contributed by atoms with Crippen molar-refractivity contribution in [2.45, 2.75) is 26.8 Å². The van der Waals surface area contributed by atoms with Crippen molar-refractivity contribution in [3.8, 4) is 0 Å². The lowest BCUT2D eigenvalue weighted by atomic mass is 10.1. The van der Waals surface area contributed by atoms with Crippen LogP contribution in [0, 0.1) is 6.92 Å². The number of rotatable bonds is 7. The van der Waals surface area contributed by atoms with Gasteiger partial charge in [0.2, 0.25) is 5.91 Å². The summed E-state index contributed by atoms with van der Waals surface area (Å²) in [6, 6.07) is 12.3. The zero-order valence-electron chi connectivity index (χ0n) is 18.7. The van der Waals surface area contributed by atoms with Crippen LogP contribution in [0.15, 0.2) is 42.5 Å². The van der Waals surface area contributed by atoms with Crippen molar-refractivity contribution in [3.05, 3.63) is 59.2 Å². The molecule has 1 saturated heterocycles. The molecule has 170 valence electrons. The lowest BCUT2D eigenvalue weighted by Crippen LogP contribution is -2.50. The average Bonchev–Trinajstić information content (AvgIpc) is 2.74. The molecule has 32 heavy (non-hydrogen) atoms. The normalized spacial score (nSPS) is 14.3. The summed E-state index contributed by atoms with van der Waals surface area (Å²) >= 11 is 0. The molecule has 0 spiro atoms. The van der Waals surface area contributed by atoms with Crippen molar-refractivity contribution in [1.29, 1.82) is 0 Å². The molecule has 0 aliphatic carbocycles. The third-order valence-electron chi connectivity index (χ3n) is 5.40. The van der Waals surface area contributed by atoms with Gasteiger partial charge in [-0.3, -0.25) is 14.5 Å². The summed E-state index contributed by atoms with van der Waals surface area (Å²) in [5.41, 5.74) is 2.57. The average molecular weight is 439 g/mol. The molecule has 8 nitrogen and oxygen atoms in total. The summed E-state index contributed by atoms with van der Waals surface area (Å²) in [7, 11) is 0. The molecular weight excluding hydrogens is 408 g/mol. The predicted octanol–water partition coefficient (Wildman–Crippen LogP) is 2.59. The van der Waals surface area contributed by atoms with E-state index in [-0.39, 0.29) is 23.4 Å². The molecule has 8 heteroatoms. The number of aromatic carboxylic acids is 1. The first-order valence-electron chi connectivity index (χ1n) is 10.8. The molecule has 2 aromatic carbocycles. The van der Waals surface area contributed by atoms with E-state index in [1.165, 1.54) is 6.07 Å². The van der Waals surface area contributed by atoms with Crippen molar-refractivity contribution in [1.82, 2.24) is 10.2 Å². The van der Waals surface area contributed by atoms with Crippen molar-refractivity contribution < 1.29 is 19.5 Å². The zero-order chi connectivity index (χ0) is 23.3. The van der Waals surface area contributed by atoms with Gasteiger partial charge in [-0.1, -0.05) is 18.2 Å². The van der Waals surface area contributed by atoms with Crippen LogP contribution < -0.4 is 15.5 Å². The van der Waals surface area contributed by atoms with Crippen molar-refractivity contribution in [2.24, 2.45) is 0 Å². The fourth-order valence-corrected chi connectivity index (χ4v) is 3.80. The maximum atomic E-state index is 12.6. The first-order chi connectivity index (χ1) is 15.2. The number of nitrogens with zero attached hydrogens (tertiary/aromatic N) is 2. The highest BCUT2D eigenvalue weighted by Gasteiger charge is 2.23. The highest BCUT2D eigenvalue weighted by molar-refractivity contribution is 6.06. The van der Waals surface area contributed by atoms with E-state index in [9.17, 15) is 19.5 Å². The fourth-order valence-electron chi connectivity index (χ4n) is 3.80. The highest BCUT2D eigenvalue weighted by Crippen LogP contribution is 2.26. The molecule has 2 aromatic rings. The van der Waals surface area contributed by atoms with E-state index in [1.807, 2.05) is 37.8 Å². The highest BCUT2D eigenvalue weighted by atomic mass is 16.4. The Labute approximate surface area is 188 Å². The Bertz CT molecular complexity index is 997. The SMILES string of the molecule is Cc1ccccc1C(=O)Nc1ccc(N2CCN(CC(=O)NC(C)C)CC2)c(C(=O)O)c1. The molecule has 1 heterocycles. The Kier molecular flexibility index (Phi) is 7.48. The topological polar surface area (TPSA) is 102 Å². The van der Waals surface area contributed by atoms with Crippen LogP contribution in [0.4, 0.5) is 11.4 Å². The Morgan fingerprint density at radius 1 is 1.00 bits per heavy atom. The van der Waals surface area contributed by atoms with Crippen LogP contribution in [0.3, 0.4) is 0 Å². The smallest absolute Gasteiger partial charge is 0.337 e. The molecule has 2 amide bonds. The van der Waals surface area contributed by atoms with Crippen molar-refractivity contribution in [3.63, 3.8) is 0 Å². The molecule has 1 aliphatic heterocycles. The van der Waals surface area contributed by atoms with Gasteiger partial charge < -0.3 is 20.6 Å². The number of nitrogens with one attached hydrogen (secondary N) is 2. The maximum absolute atomic E-state index is 12.6. The molecule has 0 unspecified atom stereocenters. The molecule has 3 N–H and O–H groups in total. The maximum Gasteiger partial charge on any atom is 0.337 e. The molecular formula is C24H30N4O4. The summed E-state index contributed by atoms with van der Waals surface area (Å²) in [4.78, 5) is 40.6. The minimum atomic E-state index is -1.05. The van der Waals surface area contributed by atoms with Gasteiger partial charge in [0.25, 0.3) is 5.91 Å². The number of benzene rings is 2. The number of anilines is 2. The lowest BCUT2D eigenvalue weighted by Gasteiger charge is -2.36. The third-order valence-corrected chi connectivity index (χ3v) is 5.40. The Hall–Kier alpha value is -3.39.